The fourth-order valence-corrected chi connectivity index (χ4v) is 6.36. The summed E-state index contributed by atoms with van der Waals surface area (Å²) >= 11 is 2.80. The van der Waals surface area contributed by atoms with E-state index in [1.807, 2.05) is 52.4 Å². The van der Waals surface area contributed by atoms with Crippen molar-refractivity contribution < 1.29 is 18.7 Å². The summed E-state index contributed by atoms with van der Waals surface area (Å²) < 4.78 is 20.7. The molecule has 44 heavy (non-hydrogen) atoms. The first-order chi connectivity index (χ1) is 21.5. The van der Waals surface area contributed by atoms with Gasteiger partial charge in [0.2, 0.25) is 0 Å². The van der Waals surface area contributed by atoms with Gasteiger partial charge in [0.05, 0.1) is 36.0 Å². The summed E-state index contributed by atoms with van der Waals surface area (Å²) in [6, 6.07) is 26.1. The van der Waals surface area contributed by atoms with Gasteiger partial charge in [-0.05, 0) is 65.5 Å². The van der Waals surface area contributed by atoms with Crippen LogP contribution in [0.1, 0.15) is 39.1 Å². The fourth-order valence-electron chi connectivity index (χ4n) is 4.82. The van der Waals surface area contributed by atoms with E-state index < -0.39 is 0 Å². The maximum absolute atomic E-state index is 13.7. The van der Waals surface area contributed by atoms with E-state index in [0.717, 1.165) is 21.8 Å². The maximum Gasteiger partial charge on any atom is 0.253 e. The van der Waals surface area contributed by atoms with Crippen LogP contribution in [0.25, 0.3) is 5.69 Å². The van der Waals surface area contributed by atoms with Crippen molar-refractivity contribution in [3.05, 3.63) is 124 Å². The average molecular weight is 627 g/mol. The van der Waals surface area contributed by atoms with Gasteiger partial charge in [0.25, 0.3) is 11.8 Å². The minimum absolute atomic E-state index is 0.0437. The van der Waals surface area contributed by atoms with Gasteiger partial charge in [-0.1, -0.05) is 48.2 Å². The number of ether oxygens (including phenoxy) is 1. The summed E-state index contributed by atoms with van der Waals surface area (Å²) in [7, 11) is 1.57. The van der Waals surface area contributed by atoms with Crippen LogP contribution in [0, 0.1) is 5.82 Å². The second-order valence-electron chi connectivity index (χ2n) is 9.80. The number of rotatable bonds is 10. The molecule has 0 bridgehead atoms. The van der Waals surface area contributed by atoms with E-state index in [4.69, 9.17) is 9.84 Å². The zero-order chi connectivity index (χ0) is 30.5. The number of halogens is 1. The summed E-state index contributed by atoms with van der Waals surface area (Å²) in [4.78, 5) is 27.5. The van der Waals surface area contributed by atoms with Gasteiger partial charge >= 0.3 is 0 Å². The molecule has 0 fully saturated rings. The maximum atomic E-state index is 13.7. The molecule has 1 aliphatic heterocycles. The minimum Gasteiger partial charge on any atom is -0.497 e. The lowest BCUT2D eigenvalue weighted by Gasteiger charge is -2.22. The van der Waals surface area contributed by atoms with Crippen LogP contribution < -0.4 is 10.1 Å². The number of carbonyl (C=O) groups excluding carboxylic acids is 2. The molecule has 0 radical (unpaired) electrons. The van der Waals surface area contributed by atoms with Gasteiger partial charge in [0.1, 0.15) is 11.6 Å². The number of hydrogen-bond acceptors (Lipinski definition) is 8. The Hall–Kier alpha value is -4.81. The second-order valence-corrected chi connectivity index (χ2v) is 11.7. The van der Waals surface area contributed by atoms with E-state index in [2.05, 4.69) is 15.5 Å². The summed E-state index contributed by atoms with van der Waals surface area (Å²) in [5.74, 6) is 0.398. The van der Waals surface area contributed by atoms with E-state index >= 15 is 0 Å². The Bertz CT molecular complexity index is 1780. The van der Waals surface area contributed by atoms with E-state index in [9.17, 15) is 14.0 Å². The average Bonchev–Trinajstić information content (AvgIpc) is 3.84. The highest BCUT2D eigenvalue weighted by Gasteiger charge is 2.33. The molecule has 3 heterocycles. The van der Waals surface area contributed by atoms with Crippen LogP contribution in [0.15, 0.2) is 107 Å². The molecule has 1 aliphatic rings. The number of benzene rings is 3. The first-order valence-electron chi connectivity index (χ1n) is 13.7. The molecule has 9 nitrogen and oxygen atoms in total. The van der Waals surface area contributed by atoms with Crippen LogP contribution in [0.3, 0.4) is 0 Å². The quantitative estimate of drug-likeness (QED) is 0.195. The van der Waals surface area contributed by atoms with Crippen molar-refractivity contribution in [2.45, 2.75) is 24.2 Å². The highest BCUT2D eigenvalue weighted by atomic mass is 32.2. The number of methoxy groups -OCH3 is 1. The monoisotopic (exact) mass is 626 g/mol. The Morgan fingerprint density at radius 2 is 1.77 bits per heavy atom. The number of thioether (sulfide) groups is 1. The molecule has 0 saturated heterocycles. The number of carbonyl (C=O) groups is 2. The molecule has 222 valence electrons. The Kier molecular flexibility index (Phi) is 8.80. The molecule has 0 spiro atoms. The number of para-hydroxylation sites is 1. The predicted octanol–water partition coefficient (Wildman–Crippen LogP) is 5.88. The molecule has 0 aliphatic carbocycles. The minimum atomic E-state index is -0.350. The summed E-state index contributed by atoms with van der Waals surface area (Å²) in [6.45, 7) is 0.120. The zero-order valence-corrected chi connectivity index (χ0v) is 25.2. The van der Waals surface area contributed by atoms with Crippen molar-refractivity contribution in [2.75, 3.05) is 12.9 Å². The Morgan fingerprint density at radius 1 is 1.00 bits per heavy atom. The lowest BCUT2D eigenvalue weighted by atomic mass is 10.0. The van der Waals surface area contributed by atoms with Gasteiger partial charge in [0.15, 0.2) is 11.0 Å². The molecule has 0 saturated carbocycles. The van der Waals surface area contributed by atoms with E-state index in [0.29, 0.717) is 28.7 Å². The number of nitrogens with one attached hydrogen (secondary N) is 1. The third kappa shape index (κ3) is 6.41. The highest BCUT2D eigenvalue weighted by Crippen LogP contribution is 2.35. The van der Waals surface area contributed by atoms with Crippen molar-refractivity contribution in [1.29, 1.82) is 0 Å². The van der Waals surface area contributed by atoms with Gasteiger partial charge in [-0.25, -0.2) is 9.40 Å². The van der Waals surface area contributed by atoms with Crippen LogP contribution in [0.2, 0.25) is 0 Å². The molecule has 2 aromatic heterocycles. The molecule has 3 aromatic carbocycles. The summed E-state index contributed by atoms with van der Waals surface area (Å²) in [5, 5.41) is 20.3. The highest BCUT2D eigenvalue weighted by molar-refractivity contribution is 7.99. The number of hydrazone groups is 1. The van der Waals surface area contributed by atoms with E-state index in [1.165, 1.54) is 28.9 Å². The van der Waals surface area contributed by atoms with Crippen molar-refractivity contribution in [3.8, 4) is 11.4 Å². The van der Waals surface area contributed by atoms with Crippen LogP contribution in [-0.4, -0.2) is 50.2 Å². The molecule has 0 unspecified atom stereocenters. The van der Waals surface area contributed by atoms with Crippen LogP contribution in [0.5, 0.6) is 5.75 Å². The van der Waals surface area contributed by atoms with Gasteiger partial charge < -0.3 is 10.1 Å². The van der Waals surface area contributed by atoms with Crippen LogP contribution in [0.4, 0.5) is 4.39 Å². The fraction of sp³-hybridized carbons (Fsp3) is 0.156. The molecule has 2 amide bonds. The first kappa shape index (κ1) is 29.3. The van der Waals surface area contributed by atoms with Gasteiger partial charge in [-0.3, -0.25) is 14.2 Å². The number of thiophene rings is 1. The largest absolute Gasteiger partial charge is 0.497 e. The van der Waals surface area contributed by atoms with Crippen LogP contribution in [-0.2, 0) is 11.3 Å². The summed E-state index contributed by atoms with van der Waals surface area (Å²) in [5.41, 5.74) is 2.91. The predicted molar refractivity (Wildman–Crippen MR) is 168 cm³/mol. The van der Waals surface area contributed by atoms with Crippen molar-refractivity contribution >= 4 is 40.6 Å². The standard InChI is InChI=1S/C32H27FN6O3S2/c1-42-25-15-11-22(12-16-25)31(41)34-19-29-35-36-32(38(29)24-6-3-2-4-7-24)44-20-30(40)39-27(21-9-13-23(33)14-10-21)18-26(37-39)28-8-5-17-43-28/h2-17,27H,18-20H2,1H3,(H,34,41)/t27-/m0/s1. The second kappa shape index (κ2) is 13.2. The third-order valence-corrected chi connectivity index (χ3v) is 8.86. The zero-order valence-electron chi connectivity index (χ0n) is 23.6. The summed E-state index contributed by atoms with van der Waals surface area (Å²) in [6.07, 6.45) is 0.529. The smallest absolute Gasteiger partial charge is 0.253 e. The molecular formula is C32H27FN6O3S2. The first-order valence-corrected chi connectivity index (χ1v) is 15.6. The third-order valence-electron chi connectivity index (χ3n) is 7.03. The van der Waals surface area contributed by atoms with Crippen molar-refractivity contribution in [2.24, 2.45) is 5.10 Å². The molecule has 12 heteroatoms. The van der Waals surface area contributed by atoms with Crippen LogP contribution >= 0.6 is 23.1 Å². The number of hydrogen-bond donors (Lipinski definition) is 1. The molecule has 6 rings (SSSR count). The van der Waals surface area contributed by atoms with Crippen molar-refractivity contribution in [1.82, 2.24) is 25.1 Å². The van der Waals surface area contributed by atoms with E-state index in [1.54, 1.807) is 54.8 Å². The SMILES string of the molecule is COc1ccc(C(=O)NCc2nnc(SCC(=O)N3N=C(c4cccs4)C[C@H]3c3ccc(F)cc3)n2-c2ccccc2)cc1. The lowest BCUT2D eigenvalue weighted by Crippen LogP contribution is -2.28. The molecule has 5 aromatic rings. The van der Waals surface area contributed by atoms with Gasteiger partial charge in [-0.2, -0.15) is 5.10 Å². The molecular weight excluding hydrogens is 600 g/mol. The van der Waals surface area contributed by atoms with Gasteiger partial charge in [-0.15, -0.1) is 21.5 Å². The number of amides is 2. The normalized spacial score (nSPS) is 14.4. The number of nitrogens with zero attached hydrogens (tertiary/aromatic N) is 5. The van der Waals surface area contributed by atoms with Crippen molar-refractivity contribution in [3.63, 3.8) is 0 Å². The Morgan fingerprint density at radius 3 is 2.48 bits per heavy atom. The van der Waals surface area contributed by atoms with Gasteiger partial charge in [0, 0.05) is 17.7 Å². The topological polar surface area (TPSA) is 102 Å². The molecule has 1 atom stereocenters. The Labute approximate surface area is 261 Å². The Balaban J connectivity index is 1.21. The molecule has 1 N–H and O–H groups in total. The number of aromatic nitrogens is 3. The van der Waals surface area contributed by atoms with E-state index in [-0.39, 0.29) is 36.0 Å². The lowest BCUT2D eigenvalue weighted by molar-refractivity contribution is -0.130.